The molecule has 1 unspecified atom stereocenters. The van der Waals surface area contributed by atoms with Crippen LogP contribution in [0.1, 0.15) is 60.0 Å². The van der Waals surface area contributed by atoms with E-state index < -0.39 is 12.5 Å². The molecule has 1 fully saturated rings. The second kappa shape index (κ2) is 5.94. The molecule has 3 heteroatoms. The largest absolute Gasteiger partial charge is 0.384 e. The fraction of sp³-hybridized carbons (Fsp3) is 0.333. The third-order valence-electron chi connectivity index (χ3n) is 4.34. The van der Waals surface area contributed by atoms with E-state index in [9.17, 15) is 13.9 Å². The summed E-state index contributed by atoms with van der Waals surface area (Å²) in [7, 11) is 0. The van der Waals surface area contributed by atoms with E-state index in [4.69, 9.17) is 0 Å². The highest BCUT2D eigenvalue weighted by Crippen LogP contribution is 2.40. The zero-order valence-corrected chi connectivity index (χ0v) is 11.7. The maximum atomic E-state index is 12.6. The molecule has 0 aromatic heterocycles. The maximum absolute atomic E-state index is 12.6. The van der Waals surface area contributed by atoms with Gasteiger partial charge >= 0.3 is 0 Å². The average Bonchev–Trinajstić information content (AvgIpc) is 2.45. The van der Waals surface area contributed by atoms with E-state index >= 15 is 0 Å². The summed E-state index contributed by atoms with van der Waals surface area (Å²) in [5.41, 5.74) is 2.73. The van der Waals surface area contributed by atoms with Crippen molar-refractivity contribution in [2.45, 2.75) is 37.7 Å². The van der Waals surface area contributed by atoms with Gasteiger partial charge in [0.1, 0.15) is 6.10 Å². The van der Waals surface area contributed by atoms with Crippen molar-refractivity contribution in [3.63, 3.8) is 0 Å². The number of hydrogen-bond acceptors (Lipinski definition) is 1. The van der Waals surface area contributed by atoms with Crippen LogP contribution in [0.25, 0.3) is 0 Å². The number of halogens is 2. The summed E-state index contributed by atoms with van der Waals surface area (Å²) in [6.07, 6.45) is 0.326. The molecule has 0 aliphatic heterocycles. The molecule has 1 saturated carbocycles. The van der Waals surface area contributed by atoms with Gasteiger partial charge in [-0.3, -0.25) is 0 Å². The van der Waals surface area contributed by atoms with Gasteiger partial charge in [-0.25, -0.2) is 8.78 Å². The van der Waals surface area contributed by atoms with Crippen LogP contribution >= 0.6 is 0 Å². The van der Waals surface area contributed by atoms with Crippen LogP contribution in [0.4, 0.5) is 8.78 Å². The smallest absolute Gasteiger partial charge is 0.263 e. The van der Waals surface area contributed by atoms with Crippen LogP contribution in [-0.4, -0.2) is 5.11 Å². The third kappa shape index (κ3) is 2.84. The molecule has 0 spiro atoms. The van der Waals surface area contributed by atoms with Crippen molar-refractivity contribution in [2.75, 3.05) is 0 Å². The van der Waals surface area contributed by atoms with Gasteiger partial charge in [0.05, 0.1) is 0 Å². The van der Waals surface area contributed by atoms with Crippen LogP contribution in [0.3, 0.4) is 0 Å². The minimum absolute atomic E-state index is 0.0155. The van der Waals surface area contributed by atoms with Gasteiger partial charge in [0.25, 0.3) is 6.43 Å². The summed E-state index contributed by atoms with van der Waals surface area (Å²) in [6, 6.07) is 13.8. The molecule has 0 amide bonds. The lowest BCUT2D eigenvalue weighted by molar-refractivity contribution is 0.151. The van der Waals surface area contributed by atoms with Gasteiger partial charge in [0, 0.05) is 5.56 Å². The zero-order chi connectivity index (χ0) is 14.8. The Hall–Kier alpha value is -1.74. The fourth-order valence-electron chi connectivity index (χ4n) is 2.85. The Morgan fingerprint density at radius 1 is 0.905 bits per heavy atom. The van der Waals surface area contributed by atoms with Gasteiger partial charge in [0.2, 0.25) is 0 Å². The molecule has 1 atom stereocenters. The Labute approximate surface area is 123 Å². The van der Waals surface area contributed by atoms with Gasteiger partial charge in [-0.1, -0.05) is 55.0 Å². The first-order chi connectivity index (χ1) is 10.2. The Morgan fingerprint density at radius 2 is 1.52 bits per heavy atom. The number of rotatable bonds is 4. The molecular weight excluding hydrogens is 270 g/mol. The van der Waals surface area contributed by atoms with Crippen molar-refractivity contribution in [3.05, 3.63) is 70.8 Å². The van der Waals surface area contributed by atoms with Gasteiger partial charge < -0.3 is 5.11 Å². The first-order valence-corrected chi connectivity index (χ1v) is 7.31. The normalized spacial score (nSPS) is 16.8. The van der Waals surface area contributed by atoms with Crippen molar-refractivity contribution < 1.29 is 13.9 Å². The summed E-state index contributed by atoms with van der Waals surface area (Å²) in [4.78, 5) is 0. The highest BCUT2D eigenvalue weighted by molar-refractivity contribution is 5.39. The molecule has 1 nitrogen and oxygen atoms in total. The topological polar surface area (TPSA) is 20.2 Å². The van der Waals surface area contributed by atoms with Gasteiger partial charge in [-0.15, -0.1) is 0 Å². The van der Waals surface area contributed by atoms with E-state index in [-0.39, 0.29) is 5.56 Å². The van der Waals surface area contributed by atoms with Crippen molar-refractivity contribution in [3.8, 4) is 0 Å². The third-order valence-corrected chi connectivity index (χ3v) is 4.34. The molecule has 2 aromatic rings. The lowest BCUT2D eigenvalue weighted by atomic mass is 9.77. The predicted octanol–water partition coefficient (Wildman–Crippen LogP) is 4.97. The molecule has 110 valence electrons. The number of aliphatic hydroxyl groups is 1. The minimum atomic E-state index is -2.47. The van der Waals surface area contributed by atoms with Crippen LogP contribution in [-0.2, 0) is 0 Å². The maximum Gasteiger partial charge on any atom is 0.263 e. The molecular formula is C18H18F2O. The lowest BCUT2D eigenvalue weighted by Gasteiger charge is -2.29. The van der Waals surface area contributed by atoms with E-state index in [0.29, 0.717) is 11.5 Å². The monoisotopic (exact) mass is 288 g/mol. The Balaban J connectivity index is 1.89. The average molecular weight is 288 g/mol. The fourth-order valence-corrected chi connectivity index (χ4v) is 2.85. The van der Waals surface area contributed by atoms with Gasteiger partial charge in [-0.05, 0) is 35.4 Å². The number of hydrogen-bond donors (Lipinski definition) is 1. The molecule has 0 radical (unpaired) electrons. The SMILES string of the molecule is OC(c1ccc(C(F)F)cc1)c1ccccc1C1CCC1. The van der Waals surface area contributed by atoms with E-state index in [1.807, 2.05) is 18.2 Å². The Kier molecular flexibility index (Phi) is 4.02. The molecule has 0 heterocycles. The summed E-state index contributed by atoms with van der Waals surface area (Å²) >= 11 is 0. The Morgan fingerprint density at radius 3 is 2.10 bits per heavy atom. The highest BCUT2D eigenvalue weighted by atomic mass is 19.3. The van der Waals surface area contributed by atoms with E-state index in [1.54, 1.807) is 12.1 Å². The molecule has 2 aromatic carbocycles. The summed E-state index contributed by atoms with van der Waals surface area (Å²) in [5, 5.41) is 10.6. The summed E-state index contributed by atoms with van der Waals surface area (Å²) in [5.74, 6) is 0.524. The molecule has 0 bridgehead atoms. The van der Waals surface area contributed by atoms with Crippen LogP contribution in [0, 0.1) is 0 Å². The molecule has 1 aliphatic carbocycles. The number of benzene rings is 2. The van der Waals surface area contributed by atoms with Crippen molar-refractivity contribution >= 4 is 0 Å². The lowest BCUT2D eigenvalue weighted by Crippen LogP contribution is -2.13. The second-order valence-corrected chi connectivity index (χ2v) is 5.63. The molecule has 1 N–H and O–H groups in total. The zero-order valence-electron chi connectivity index (χ0n) is 11.7. The predicted molar refractivity (Wildman–Crippen MR) is 78.5 cm³/mol. The highest BCUT2D eigenvalue weighted by Gasteiger charge is 2.24. The summed E-state index contributed by atoms with van der Waals surface area (Å²) < 4.78 is 25.2. The number of alkyl halides is 2. The first kappa shape index (κ1) is 14.2. The quantitative estimate of drug-likeness (QED) is 0.841. The van der Waals surface area contributed by atoms with Crippen molar-refractivity contribution in [2.24, 2.45) is 0 Å². The molecule has 3 rings (SSSR count). The van der Waals surface area contributed by atoms with E-state index in [0.717, 1.165) is 18.4 Å². The van der Waals surface area contributed by atoms with Crippen LogP contribution < -0.4 is 0 Å². The van der Waals surface area contributed by atoms with Gasteiger partial charge in [0.15, 0.2) is 0 Å². The summed E-state index contributed by atoms with van der Waals surface area (Å²) in [6.45, 7) is 0. The Bertz CT molecular complexity index is 603. The second-order valence-electron chi connectivity index (χ2n) is 5.63. The van der Waals surface area contributed by atoms with Crippen LogP contribution in [0.5, 0.6) is 0 Å². The van der Waals surface area contributed by atoms with Gasteiger partial charge in [-0.2, -0.15) is 0 Å². The van der Waals surface area contributed by atoms with Crippen molar-refractivity contribution in [1.82, 2.24) is 0 Å². The van der Waals surface area contributed by atoms with E-state index in [2.05, 4.69) is 6.07 Å². The minimum Gasteiger partial charge on any atom is -0.384 e. The van der Waals surface area contributed by atoms with E-state index in [1.165, 1.54) is 24.1 Å². The van der Waals surface area contributed by atoms with Crippen LogP contribution in [0.2, 0.25) is 0 Å². The van der Waals surface area contributed by atoms with Crippen molar-refractivity contribution in [1.29, 1.82) is 0 Å². The standard InChI is InChI=1S/C18H18F2O/c19-18(20)14-10-8-13(9-11-14)17(21)16-7-2-1-6-15(16)12-4-3-5-12/h1-2,6-12,17-18,21H,3-5H2. The molecule has 0 saturated heterocycles. The molecule has 21 heavy (non-hydrogen) atoms. The van der Waals surface area contributed by atoms with Crippen LogP contribution in [0.15, 0.2) is 48.5 Å². The first-order valence-electron chi connectivity index (χ1n) is 7.31. The number of aliphatic hydroxyl groups excluding tert-OH is 1. The molecule has 1 aliphatic rings.